The molecular formula is C12H18BrNO2S2. The summed E-state index contributed by atoms with van der Waals surface area (Å²) in [6.45, 7) is 2.30. The fourth-order valence-electron chi connectivity index (χ4n) is 1.52. The standard InChI is InChI=1S/C12H18BrNO2S2/c1-10-5-6-11(13)9-12(10)18(15,16)14-7-3-4-8-17-2/h5-6,9,14H,3-4,7-8H2,1-2H3. The van der Waals surface area contributed by atoms with Crippen LogP contribution in [0.15, 0.2) is 27.6 Å². The molecular weight excluding hydrogens is 334 g/mol. The SMILES string of the molecule is CSCCCCNS(=O)(=O)c1cc(Br)ccc1C. The van der Waals surface area contributed by atoms with Gasteiger partial charge in [0.1, 0.15) is 0 Å². The third kappa shape index (κ3) is 4.91. The molecule has 6 heteroatoms. The number of nitrogens with one attached hydrogen (secondary N) is 1. The summed E-state index contributed by atoms with van der Waals surface area (Å²) in [6.07, 6.45) is 3.95. The molecule has 0 fully saturated rings. The maximum absolute atomic E-state index is 12.1. The van der Waals surface area contributed by atoms with E-state index in [1.54, 1.807) is 30.8 Å². The van der Waals surface area contributed by atoms with Crippen molar-refractivity contribution in [2.24, 2.45) is 0 Å². The van der Waals surface area contributed by atoms with Crippen LogP contribution >= 0.6 is 27.7 Å². The van der Waals surface area contributed by atoms with E-state index < -0.39 is 10.0 Å². The topological polar surface area (TPSA) is 46.2 Å². The number of rotatable bonds is 7. The normalized spacial score (nSPS) is 11.7. The van der Waals surface area contributed by atoms with Crippen molar-refractivity contribution >= 4 is 37.7 Å². The molecule has 0 unspecified atom stereocenters. The van der Waals surface area contributed by atoms with Crippen molar-refractivity contribution in [2.45, 2.75) is 24.7 Å². The van der Waals surface area contributed by atoms with Crippen LogP contribution in [0.25, 0.3) is 0 Å². The highest BCUT2D eigenvalue weighted by molar-refractivity contribution is 9.10. The van der Waals surface area contributed by atoms with Gasteiger partial charge in [-0.1, -0.05) is 22.0 Å². The first kappa shape index (κ1) is 16.0. The molecule has 18 heavy (non-hydrogen) atoms. The number of unbranched alkanes of at least 4 members (excludes halogenated alkanes) is 1. The molecule has 0 aromatic heterocycles. The second-order valence-electron chi connectivity index (χ2n) is 4.01. The van der Waals surface area contributed by atoms with Crippen molar-refractivity contribution < 1.29 is 8.42 Å². The van der Waals surface area contributed by atoms with E-state index >= 15 is 0 Å². The van der Waals surface area contributed by atoms with Crippen LogP contribution in [0.5, 0.6) is 0 Å². The van der Waals surface area contributed by atoms with Gasteiger partial charge in [-0.2, -0.15) is 11.8 Å². The number of halogens is 1. The highest BCUT2D eigenvalue weighted by Gasteiger charge is 2.16. The zero-order chi connectivity index (χ0) is 13.6. The lowest BCUT2D eigenvalue weighted by Crippen LogP contribution is -2.25. The zero-order valence-corrected chi connectivity index (χ0v) is 13.8. The predicted octanol–water partition coefficient (Wildman–Crippen LogP) is 3.18. The molecule has 102 valence electrons. The zero-order valence-electron chi connectivity index (χ0n) is 10.6. The lowest BCUT2D eigenvalue weighted by Gasteiger charge is -2.09. The minimum Gasteiger partial charge on any atom is -0.211 e. The summed E-state index contributed by atoms with van der Waals surface area (Å²) in [4.78, 5) is 0.349. The van der Waals surface area contributed by atoms with Gasteiger partial charge in [-0.15, -0.1) is 0 Å². The lowest BCUT2D eigenvalue weighted by molar-refractivity contribution is 0.578. The van der Waals surface area contributed by atoms with Gasteiger partial charge in [0.2, 0.25) is 10.0 Å². The summed E-state index contributed by atoms with van der Waals surface area (Å²) >= 11 is 5.07. The van der Waals surface area contributed by atoms with Crippen molar-refractivity contribution in [1.82, 2.24) is 4.72 Å². The summed E-state index contributed by atoms with van der Waals surface area (Å²) in [5, 5.41) is 0. The van der Waals surface area contributed by atoms with Gasteiger partial charge in [0, 0.05) is 11.0 Å². The van der Waals surface area contributed by atoms with Gasteiger partial charge >= 0.3 is 0 Å². The molecule has 0 heterocycles. The molecule has 0 amide bonds. The predicted molar refractivity (Wildman–Crippen MR) is 81.7 cm³/mol. The van der Waals surface area contributed by atoms with Crippen molar-refractivity contribution in [2.75, 3.05) is 18.6 Å². The molecule has 0 aliphatic carbocycles. The molecule has 1 aromatic carbocycles. The molecule has 0 spiro atoms. The Balaban J connectivity index is 2.66. The number of hydrogen-bond acceptors (Lipinski definition) is 3. The van der Waals surface area contributed by atoms with Crippen LogP contribution in [0.1, 0.15) is 18.4 Å². The number of benzene rings is 1. The molecule has 1 aromatic rings. The van der Waals surface area contributed by atoms with Crippen LogP contribution in [-0.4, -0.2) is 27.0 Å². The largest absolute Gasteiger partial charge is 0.240 e. The molecule has 0 saturated carbocycles. The van der Waals surface area contributed by atoms with Crippen LogP contribution in [0.4, 0.5) is 0 Å². The number of thioether (sulfide) groups is 1. The Bertz CT molecular complexity index is 489. The third-order valence-electron chi connectivity index (χ3n) is 2.51. The molecule has 3 nitrogen and oxygen atoms in total. The fraction of sp³-hybridized carbons (Fsp3) is 0.500. The minimum absolute atomic E-state index is 0.349. The second kappa shape index (κ2) is 7.53. The molecule has 0 bridgehead atoms. The molecule has 1 rings (SSSR count). The van der Waals surface area contributed by atoms with Crippen LogP contribution in [0.2, 0.25) is 0 Å². The van der Waals surface area contributed by atoms with Gasteiger partial charge in [0.05, 0.1) is 4.90 Å². The van der Waals surface area contributed by atoms with E-state index in [2.05, 4.69) is 26.9 Å². The Morgan fingerprint density at radius 3 is 2.72 bits per heavy atom. The highest BCUT2D eigenvalue weighted by Crippen LogP contribution is 2.20. The minimum atomic E-state index is -3.39. The first-order chi connectivity index (χ1) is 8.47. The van der Waals surface area contributed by atoms with Crippen LogP contribution in [0.3, 0.4) is 0 Å². The summed E-state index contributed by atoms with van der Waals surface area (Å²) in [6, 6.07) is 5.28. The van der Waals surface area contributed by atoms with Gasteiger partial charge < -0.3 is 0 Å². The van der Waals surface area contributed by atoms with Crippen molar-refractivity contribution in [3.63, 3.8) is 0 Å². The van der Waals surface area contributed by atoms with Crippen LogP contribution < -0.4 is 4.72 Å². The van der Waals surface area contributed by atoms with Gasteiger partial charge in [-0.05, 0) is 49.5 Å². The number of aryl methyl sites for hydroxylation is 1. The average molecular weight is 352 g/mol. The summed E-state index contributed by atoms with van der Waals surface area (Å²) in [7, 11) is -3.39. The van der Waals surface area contributed by atoms with Gasteiger partial charge in [0.25, 0.3) is 0 Å². The van der Waals surface area contributed by atoms with E-state index in [4.69, 9.17) is 0 Å². The van der Waals surface area contributed by atoms with Gasteiger partial charge in [-0.25, -0.2) is 13.1 Å². The van der Waals surface area contributed by atoms with E-state index in [9.17, 15) is 8.42 Å². The van der Waals surface area contributed by atoms with Gasteiger partial charge in [0.15, 0.2) is 0 Å². The smallest absolute Gasteiger partial charge is 0.211 e. The first-order valence-electron chi connectivity index (χ1n) is 5.72. The number of sulfonamides is 1. The van der Waals surface area contributed by atoms with E-state index in [0.717, 1.165) is 28.6 Å². The lowest BCUT2D eigenvalue weighted by atomic mass is 10.2. The Hall–Kier alpha value is -0.0400. The summed E-state index contributed by atoms with van der Waals surface area (Å²) in [5.41, 5.74) is 0.759. The van der Waals surface area contributed by atoms with E-state index in [1.807, 2.05) is 6.07 Å². The quantitative estimate of drug-likeness (QED) is 0.767. The Kier molecular flexibility index (Phi) is 6.70. The van der Waals surface area contributed by atoms with Crippen molar-refractivity contribution in [1.29, 1.82) is 0 Å². The molecule has 0 radical (unpaired) electrons. The van der Waals surface area contributed by atoms with E-state index in [-0.39, 0.29) is 0 Å². The number of hydrogen-bond donors (Lipinski definition) is 1. The van der Waals surface area contributed by atoms with Gasteiger partial charge in [-0.3, -0.25) is 0 Å². The monoisotopic (exact) mass is 351 g/mol. The van der Waals surface area contributed by atoms with Crippen molar-refractivity contribution in [3.05, 3.63) is 28.2 Å². The molecule has 1 N–H and O–H groups in total. The maximum Gasteiger partial charge on any atom is 0.240 e. The molecule has 0 aliphatic heterocycles. The Morgan fingerprint density at radius 1 is 1.33 bits per heavy atom. The maximum atomic E-state index is 12.1. The Labute approximate surface area is 122 Å². The third-order valence-corrected chi connectivity index (χ3v) is 5.30. The van der Waals surface area contributed by atoms with Crippen molar-refractivity contribution in [3.8, 4) is 0 Å². The molecule has 0 saturated heterocycles. The fourth-order valence-corrected chi connectivity index (χ4v) is 3.87. The van der Waals surface area contributed by atoms with Crippen LogP contribution in [0, 0.1) is 6.92 Å². The average Bonchev–Trinajstić information content (AvgIpc) is 2.32. The molecule has 0 aliphatic rings. The van der Waals surface area contributed by atoms with E-state index in [0.29, 0.717) is 11.4 Å². The summed E-state index contributed by atoms with van der Waals surface area (Å²) in [5.74, 6) is 1.07. The first-order valence-corrected chi connectivity index (χ1v) is 9.39. The Morgan fingerprint density at radius 2 is 2.06 bits per heavy atom. The second-order valence-corrected chi connectivity index (χ2v) is 7.64. The van der Waals surface area contributed by atoms with E-state index in [1.165, 1.54) is 0 Å². The molecule has 0 atom stereocenters. The highest BCUT2D eigenvalue weighted by atomic mass is 79.9. The summed E-state index contributed by atoms with van der Waals surface area (Å²) < 4.78 is 27.6. The van der Waals surface area contributed by atoms with Crippen LogP contribution in [-0.2, 0) is 10.0 Å².